The third-order valence-electron chi connectivity index (χ3n) is 1.79. The second kappa shape index (κ2) is 2.88. The molecule has 0 aliphatic carbocycles. The van der Waals surface area contributed by atoms with Crippen molar-refractivity contribution in [2.24, 2.45) is 0 Å². The SMILES string of the molecule is CC(O)C(C)c1ccoc1. The van der Waals surface area contributed by atoms with Crippen LogP contribution in [-0.2, 0) is 0 Å². The van der Waals surface area contributed by atoms with E-state index in [4.69, 9.17) is 9.52 Å². The summed E-state index contributed by atoms with van der Waals surface area (Å²) in [4.78, 5) is 0. The van der Waals surface area contributed by atoms with Crippen LogP contribution in [0, 0.1) is 0 Å². The maximum atomic E-state index is 9.15. The van der Waals surface area contributed by atoms with Crippen LogP contribution in [0.25, 0.3) is 0 Å². The Morgan fingerprint density at radius 3 is 2.60 bits per heavy atom. The molecule has 0 radical (unpaired) electrons. The van der Waals surface area contributed by atoms with Crippen molar-refractivity contribution in [2.75, 3.05) is 0 Å². The van der Waals surface area contributed by atoms with E-state index in [-0.39, 0.29) is 12.0 Å². The molecule has 2 atom stereocenters. The van der Waals surface area contributed by atoms with Gasteiger partial charge in [0.05, 0.1) is 18.6 Å². The Labute approximate surface area is 60.5 Å². The van der Waals surface area contributed by atoms with Crippen molar-refractivity contribution < 1.29 is 9.52 Å². The summed E-state index contributed by atoms with van der Waals surface area (Å²) in [7, 11) is 0. The Bertz CT molecular complexity index is 177. The molecule has 0 saturated heterocycles. The van der Waals surface area contributed by atoms with Gasteiger partial charge in [0.15, 0.2) is 0 Å². The van der Waals surface area contributed by atoms with E-state index in [0.29, 0.717) is 0 Å². The molecule has 0 bridgehead atoms. The molecule has 0 fully saturated rings. The zero-order valence-electron chi connectivity index (χ0n) is 6.24. The molecule has 1 rings (SSSR count). The number of aliphatic hydroxyl groups is 1. The van der Waals surface area contributed by atoms with Crippen LogP contribution in [0.4, 0.5) is 0 Å². The Balaban J connectivity index is 2.68. The van der Waals surface area contributed by atoms with Gasteiger partial charge in [-0.15, -0.1) is 0 Å². The molecule has 0 aliphatic rings. The highest BCUT2D eigenvalue weighted by Crippen LogP contribution is 2.18. The standard InChI is InChI=1S/C8H12O2/c1-6(7(2)9)8-3-4-10-5-8/h3-7,9H,1-2H3. The highest BCUT2D eigenvalue weighted by atomic mass is 16.3. The number of furan rings is 1. The van der Waals surface area contributed by atoms with Gasteiger partial charge in [-0.3, -0.25) is 0 Å². The first-order valence-electron chi connectivity index (χ1n) is 3.42. The van der Waals surface area contributed by atoms with Gasteiger partial charge in [-0.2, -0.15) is 0 Å². The third kappa shape index (κ3) is 1.39. The molecule has 1 aromatic heterocycles. The van der Waals surface area contributed by atoms with E-state index < -0.39 is 0 Å². The number of aliphatic hydroxyl groups excluding tert-OH is 1. The maximum Gasteiger partial charge on any atom is 0.0938 e. The van der Waals surface area contributed by atoms with E-state index >= 15 is 0 Å². The minimum atomic E-state index is -0.308. The maximum absolute atomic E-state index is 9.15. The van der Waals surface area contributed by atoms with E-state index in [0.717, 1.165) is 5.56 Å². The van der Waals surface area contributed by atoms with Gasteiger partial charge in [0.25, 0.3) is 0 Å². The molecule has 1 aromatic rings. The Morgan fingerprint density at radius 2 is 2.20 bits per heavy atom. The van der Waals surface area contributed by atoms with Crippen molar-refractivity contribution in [3.8, 4) is 0 Å². The van der Waals surface area contributed by atoms with Crippen LogP contribution >= 0.6 is 0 Å². The molecule has 0 amide bonds. The molecule has 56 valence electrons. The summed E-state index contributed by atoms with van der Waals surface area (Å²) in [6, 6.07) is 1.87. The summed E-state index contributed by atoms with van der Waals surface area (Å²) in [6.45, 7) is 3.74. The zero-order valence-corrected chi connectivity index (χ0v) is 6.24. The molecule has 10 heavy (non-hydrogen) atoms. The molecule has 0 saturated carbocycles. The van der Waals surface area contributed by atoms with Crippen LogP contribution in [0.3, 0.4) is 0 Å². The number of rotatable bonds is 2. The molecule has 0 aromatic carbocycles. The third-order valence-corrected chi connectivity index (χ3v) is 1.79. The average molecular weight is 140 g/mol. The van der Waals surface area contributed by atoms with Gasteiger partial charge < -0.3 is 9.52 Å². The minimum Gasteiger partial charge on any atom is -0.472 e. The first kappa shape index (κ1) is 7.35. The fraction of sp³-hybridized carbons (Fsp3) is 0.500. The average Bonchev–Trinajstić information content (AvgIpc) is 2.36. The Hall–Kier alpha value is -0.760. The van der Waals surface area contributed by atoms with Crippen LogP contribution < -0.4 is 0 Å². The van der Waals surface area contributed by atoms with Crippen LogP contribution in [0.2, 0.25) is 0 Å². The van der Waals surface area contributed by atoms with Crippen LogP contribution in [0.5, 0.6) is 0 Å². The molecule has 1 heterocycles. The summed E-state index contributed by atoms with van der Waals surface area (Å²) >= 11 is 0. The van der Waals surface area contributed by atoms with E-state index in [1.54, 1.807) is 19.5 Å². The molecular weight excluding hydrogens is 128 g/mol. The highest BCUT2D eigenvalue weighted by molar-refractivity contribution is 5.12. The van der Waals surface area contributed by atoms with Crippen molar-refractivity contribution in [3.63, 3.8) is 0 Å². The quantitative estimate of drug-likeness (QED) is 0.679. The van der Waals surface area contributed by atoms with E-state index in [1.165, 1.54) is 0 Å². The fourth-order valence-electron chi connectivity index (χ4n) is 0.813. The van der Waals surface area contributed by atoms with Crippen molar-refractivity contribution in [1.29, 1.82) is 0 Å². The Kier molecular flexibility index (Phi) is 2.12. The van der Waals surface area contributed by atoms with Crippen LogP contribution in [0.1, 0.15) is 25.3 Å². The van der Waals surface area contributed by atoms with Crippen LogP contribution in [0.15, 0.2) is 23.0 Å². The molecule has 2 nitrogen and oxygen atoms in total. The lowest BCUT2D eigenvalue weighted by atomic mass is 10.00. The molecule has 0 aliphatic heterocycles. The largest absolute Gasteiger partial charge is 0.472 e. The first-order valence-corrected chi connectivity index (χ1v) is 3.42. The van der Waals surface area contributed by atoms with Gasteiger partial charge >= 0.3 is 0 Å². The topological polar surface area (TPSA) is 33.4 Å². The van der Waals surface area contributed by atoms with Gasteiger partial charge in [0.1, 0.15) is 0 Å². The summed E-state index contributed by atoms with van der Waals surface area (Å²) < 4.78 is 4.87. The zero-order chi connectivity index (χ0) is 7.56. The van der Waals surface area contributed by atoms with E-state index in [1.807, 2.05) is 13.0 Å². The normalized spacial score (nSPS) is 16.7. The van der Waals surface area contributed by atoms with Gasteiger partial charge in [-0.05, 0) is 18.6 Å². The van der Waals surface area contributed by atoms with Gasteiger partial charge in [0.2, 0.25) is 0 Å². The molecule has 2 heteroatoms. The van der Waals surface area contributed by atoms with Crippen molar-refractivity contribution in [2.45, 2.75) is 25.9 Å². The summed E-state index contributed by atoms with van der Waals surface area (Å²) in [5.74, 6) is 0.166. The summed E-state index contributed by atoms with van der Waals surface area (Å²) in [6.07, 6.45) is 2.98. The van der Waals surface area contributed by atoms with Crippen molar-refractivity contribution in [3.05, 3.63) is 24.2 Å². The minimum absolute atomic E-state index is 0.166. The van der Waals surface area contributed by atoms with E-state index in [9.17, 15) is 0 Å². The second-order valence-electron chi connectivity index (χ2n) is 2.59. The smallest absolute Gasteiger partial charge is 0.0938 e. The van der Waals surface area contributed by atoms with Crippen molar-refractivity contribution >= 4 is 0 Å². The van der Waals surface area contributed by atoms with Crippen LogP contribution in [-0.4, -0.2) is 11.2 Å². The molecular formula is C8H12O2. The highest BCUT2D eigenvalue weighted by Gasteiger charge is 2.11. The van der Waals surface area contributed by atoms with Crippen molar-refractivity contribution in [1.82, 2.24) is 0 Å². The monoisotopic (exact) mass is 140 g/mol. The lowest BCUT2D eigenvalue weighted by molar-refractivity contribution is 0.168. The van der Waals surface area contributed by atoms with Gasteiger partial charge in [-0.25, -0.2) is 0 Å². The summed E-state index contributed by atoms with van der Waals surface area (Å²) in [5.41, 5.74) is 1.05. The first-order chi connectivity index (χ1) is 4.72. The fourth-order valence-corrected chi connectivity index (χ4v) is 0.813. The molecule has 1 N–H and O–H groups in total. The second-order valence-corrected chi connectivity index (χ2v) is 2.59. The molecule has 0 spiro atoms. The lowest BCUT2D eigenvalue weighted by Gasteiger charge is -2.10. The predicted octanol–water partition coefficient (Wildman–Crippen LogP) is 1.76. The lowest BCUT2D eigenvalue weighted by Crippen LogP contribution is -2.09. The number of hydrogen-bond donors (Lipinski definition) is 1. The Morgan fingerprint density at radius 1 is 1.50 bits per heavy atom. The number of hydrogen-bond acceptors (Lipinski definition) is 2. The predicted molar refractivity (Wildman–Crippen MR) is 38.8 cm³/mol. The van der Waals surface area contributed by atoms with Gasteiger partial charge in [0, 0.05) is 5.92 Å². The van der Waals surface area contributed by atoms with Gasteiger partial charge in [-0.1, -0.05) is 6.92 Å². The van der Waals surface area contributed by atoms with E-state index in [2.05, 4.69) is 0 Å². The molecule has 2 unspecified atom stereocenters. The summed E-state index contributed by atoms with van der Waals surface area (Å²) in [5, 5.41) is 9.15.